The van der Waals surface area contributed by atoms with Gasteiger partial charge in [0, 0.05) is 36.5 Å². The summed E-state index contributed by atoms with van der Waals surface area (Å²) < 4.78 is 0. The number of aromatic nitrogens is 2. The van der Waals surface area contributed by atoms with Crippen LogP contribution in [0.4, 0.5) is 0 Å². The number of hydrogen-bond donors (Lipinski definition) is 1. The number of ketones is 2. The van der Waals surface area contributed by atoms with Crippen LogP contribution in [0.1, 0.15) is 53.1 Å². The molecule has 186 valence electrons. The fourth-order valence-electron chi connectivity index (χ4n) is 3.95. The van der Waals surface area contributed by atoms with Gasteiger partial charge in [-0.3, -0.25) is 24.4 Å². The molecule has 7 heteroatoms. The second kappa shape index (κ2) is 13.8. The highest BCUT2D eigenvalue weighted by Gasteiger charge is 2.25. The predicted octanol–water partition coefficient (Wildman–Crippen LogP) is 4.39. The molecule has 3 rings (SSSR count). The molecule has 0 aliphatic rings. The van der Waals surface area contributed by atoms with Gasteiger partial charge in [-0.15, -0.1) is 0 Å². The number of amides is 1. The molecule has 0 aliphatic carbocycles. The van der Waals surface area contributed by atoms with Crippen molar-refractivity contribution in [3.05, 3.63) is 96.1 Å². The third-order valence-corrected chi connectivity index (χ3v) is 5.66. The molecule has 0 aliphatic heterocycles. The molecular formula is C29H32N4O3. The van der Waals surface area contributed by atoms with Gasteiger partial charge in [0.2, 0.25) is 0 Å². The number of rotatable bonds is 13. The van der Waals surface area contributed by atoms with Crippen molar-refractivity contribution >= 4 is 23.7 Å². The molecular weight excluding hydrogens is 452 g/mol. The van der Waals surface area contributed by atoms with E-state index >= 15 is 0 Å². The second-order valence-corrected chi connectivity index (χ2v) is 9.15. The number of aliphatic imine (C=N–C) groups is 1. The standard InChI is InChI=1S/C29H32N4O3/c1-21(2)15-23(18-31-20-28(35)24-11-7-4-8-12-24)17-27(34)25(16-22-9-5-3-6-10-22)33-29(36)26-19-30-13-14-32-26/h3-14,18-19,21,23,25H,15-17,20H2,1-2H3,(H,33,36)/t23-,25+/m1/s1. The Bertz CT molecular complexity index is 1150. The average molecular weight is 485 g/mol. The second-order valence-electron chi connectivity index (χ2n) is 9.15. The zero-order valence-corrected chi connectivity index (χ0v) is 20.7. The highest BCUT2D eigenvalue weighted by Crippen LogP contribution is 2.17. The molecule has 2 atom stereocenters. The van der Waals surface area contributed by atoms with Gasteiger partial charge in [0.25, 0.3) is 5.91 Å². The molecule has 2 aromatic carbocycles. The number of nitrogens with one attached hydrogen (secondary N) is 1. The quantitative estimate of drug-likeness (QED) is 0.286. The summed E-state index contributed by atoms with van der Waals surface area (Å²) in [6, 6.07) is 17.9. The summed E-state index contributed by atoms with van der Waals surface area (Å²) in [7, 11) is 0. The number of Topliss-reactive ketones (excluding diaryl/α,β-unsaturated/α-hetero) is 2. The fourth-order valence-corrected chi connectivity index (χ4v) is 3.95. The van der Waals surface area contributed by atoms with Crippen LogP contribution in [0.25, 0.3) is 0 Å². The Morgan fingerprint density at radius 1 is 0.972 bits per heavy atom. The zero-order chi connectivity index (χ0) is 25.8. The predicted molar refractivity (Wildman–Crippen MR) is 140 cm³/mol. The summed E-state index contributed by atoms with van der Waals surface area (Å²) >= 11 is 0. The van der Waals surface area contributed by atoms with Gasteiger partial charge in [-0.25, -0.2) is 4.98 Å². The zero-order valence-electron chi connectivity index (χ0n) is 20.7. The first-order valence-electron chi connectivity index (χ1n) is 12.1. The maximum absolute atomic E-state index is 13.4. The van der Waals surface area contributed by atoms with Crippen LogP contribution in [0.3, 0.4) is 0 Å². The number of benzene rings is 2. The first-order valence-corrected chi connectivity index (χ1v) is 12.1. The Kier molecular flexibility index (Phi) is 10.2. The van der Waals surface area contributed by atoms with E-state index in [1.54, 1.807) is 18.3 Å². The molecule has 0 saturated carbocycles. The summed E-state index contributed by atoms with van der Waals surface area (Å²) in [6.45, 7) is 4.19. The van der Waals surface area contributed by atoms with Gasteiger partial charge in [-0.1, -0.05) is 74.5 Å². The van der Waals surface area contributed by atoms with Crippen LogP contribution in [-0.4, -0.2) is 46.2 Å². The van der Waals surface area contributed by atoms with Crippen molar-refractivity contribution < 1.29 is 14.4 Å². The topological polar surface area (TPSA) is 101 Å². The fraction of sp³-hybridized carbons (Fsp3) is 0.310. The molecule has 1 heterocycles. The molecule has 0 unspecified atom stereocenters. The average Bonchev–Trinajstić information content (AvgIpc) is 2.89. The van der Waals surface area contributed by atoms with Crippen molar-refractivity contribution in [3.8, 4) is 0 Å². The maximum Gasteiger partial charge on any atom is 0.272 e. The summed E-state index contributed by atoms with van der Waals surface area (Å²) in [5.41, 5.74) is 1.71. The van der Waals surface area contributed by atoms with Gasteiger partial charge in [-0.05, 0) is 24.3 Å². The van der Waals surface area contributed by atoms with Crippen molar-refractivity contribution in [1.82, 2.24) is 15.3 Å². The first kappa shape index (κ1) is 26.6. The van der Waals surface area contributed by atoms with Gasteiger partial charge in [0.05, 0.1) is 12.2 Å². The minimum Gasteiger partial charge on any atom is -0.341 e. The largest absolute Gasteiger partial charge is 0.341 e. The lowest BCUT2D eigenvalue weighted by atomic mass is 9.89. The van der Waals surface area contributed by atoms with Crippen molar-refractivity contribution in [1.29, 1.82) is 0 Å². The smallest absolute Gasteiger partial charge is 0.272 e. The molecule has 1 N–H and O–H groups in total. The van der Waals surface area contributed by atoms with Crippen LogP contribution in [0, 0.1) is 11.8 Å². The Morgan fingerprint density at radius 3 is 2.31 bits per heavy atom. The molecule has 0 fully saturated rings. The van der Waals surface area contributed by atoms with Gasteiger partial charge in [-0.2, -0.15) is 0 Å². The molecule has 0 saturated heterocycles. The molecule has 1 aromatic heterocycles. The van der Waals surface area contributed by atoms with Gasteiger partial charge < -0.3 is 5.32 Å². The number of hydrogen-bond acceptors (Lipinski definition) is 6. The van der Waals surface area contributed by atoms with E-state index in [4.69, 9.17) is 0 Å². The third-order valence-electron chi connectivity index (χ3n) is 5.66. The van der Waals surface area contributed by atoms with E-state index in [1.165, 1.54) is 18.6 Å². The van der Waals surface area contributed by atoms with E-state index in [0.717, 1.165) is 12.0 Å². The Morgan fingerprint density at radius 2 is 1.67 bits per heavy atom. The van der Waals surface area contributed by atoms with Crippen molar-refractivity contribution in [2.24, 2.45) is 16.8 Å². The highest BCUT2D eigenvalue weighted by atomic mass is 16.2. The summed E-state index contributed by atoms with van der Waals surface area (Å²) in [5, 5.41) is 2.85. The minimum absolute atomic E-state index is 0.0314. The Balaban J connectivity index is 1.71. The monoisotopic (exact) mass is 484 g/mol. The maximum atomic E-state index is 13.4. The van der Waals surface area contributed by atoms with Crippen LogP contribution in [0.2, 0.25) is 0 Å². The van der Waals surface area contributed by atoms with Crippen molar-refractivity contribution in [2.75, 3.05) is 6.54 Å². The van der Waals surface area contributed by atoms with Crippen LogP contribution < -0.4 is 5.32 Å². The van der Waals surface area contributed by atoms with Crippen molar-refractivity contribution in [3.63, 3.8) is 0 Å². The van der Waals surface area contributed by atoms with Gasteiger partial charge in [0.15, 0.2) is 11.6 Å². The molecule has 7 nitrogen and oxygen atoms in total. The highest BCUT2D eigenvalue weighted by molar-refractivity contribution is 5.98. The minimum atomic E-state index is -0.726. The van der Waals surface area contributed by atoms with Crippen LogP contribution in [0.5, 0.6) is 0 Å². The van der Waals surface area contributed by atoms with E-state index in [-0.39, 0.29) is 36.1 Å². The van der Waals surface area contributed by atoms with Gasteiger partial charge >= 0.3 is 0 Å². The lowest BCUT2D eigenvalue weighted by molar-refractivity contribution is -0.121. The van der Waals surface area contributed by atoms with E-state index in [1.807, 2.05) is 48.5 Å². The van der Waals surface area contributed by atoms with Gasteiger partial charge in [0.1, 0.15) is 12.2 Å². The summed E-state index contributed by atoms with van der Waals surface area (Å²) in [6.07, 6.45) is 7.34. The molecule has 1 amide bonds. The van der Waals surface area contributed by atoms with Crippen LogP contribution in [-0.2, 0) is 11.2 Å². The molecule has 0 radical (unpaired) electrons. The summed E-state index contributed by atoms with van der Waals surface area (Å²) in [4.78, 5) is 51.0. The molecule has 0 spiro atoms. The number of carbonyl (C=O) groups excluding carboxylic acids is 3. The summed E-state index contributed by atoms with van der Waals surface area (Å²) in [5.74, 6) is -0.421. The molecule has 3 aromatic rings. The lowest BCUT2D eigenvalue weighted by Gasteiger charge is -2.21. The number of nitrogens with zero attached hydrogens (tertiary/aromatic N) is 3. The first-order chi connectivity index (χ1) is 17.4. The van der Waals surface area contributed by atoms with E-state index < -0.39 is 11.9 Å². The van der Waals surface area contributed by atoms with E-state index in [9.17, 15) is 14.4 Å². The van der Waals surface area contributed by atoms with Crippen LogP contribution >= 0.6 is 0 Å². The van der Waals surface area contributed by atoms with E-state index in [2.05, 4.69) is 34.1 Å². The molecule has 0 bridgehead atoms. The SMILES string of the molecule is CC(C)C[C@@H](C=NCC(=O)c1ccccc1)CC(=O)[C@H](Cc1ccccc1)NC(=O)c1cnccn1. The molecule has 36 heavy (non-hydrogen) atoms. The number of carbonyl (C=O) groups is 3. The Labute approximate surface area is 212 Å². The lowest BCUT2D eigenvalue weighted by Crippen LogP contribution is -2.43. The third kappa shape index (κ3) is 8.65. The van der Waals surface area contributed by atoms with E-state index in [0.29, 0.717) is 17.9 Å². The Hall–Kier alpha value is -4.00. The van der Waals surface area contributed by atoms with Crippen molar-refractivity contribution in [2.45, 2.75) is 39.2 Å². The normalized spacial score (nSPS) is 12.9. The van der Waals surface area contributed by atoms with Crippen LogP contribution in [0.15, 0.2) is 84.2 Å².